The van der Waals surface area contributed by atoms with Gasteiger partial charge in [0.05, 0.1) is 11.3 Å². The van der Waals surface area contributed by atoms with E-state index in [9.17, 15) is 14.9 Å². The molecule has 6 heteroatoms. The van der Waals surface area contributed by atoms with Crippen LogP contribution in [0.15, 0.2) is 18.2 Å². The van der Waals surface area contributed by atoms with Gasteiger partial charge in [-0.05, 0) is 42.7 Å². The molecule has 0 spiro atoms. The molecule has 24 heavy (non-hydrogen) atoms. The van der Waals surface area contributed by atoms with Crippen LogP contribution in [0.2, 0.25) is 5.02 Å². The summed E-state index contributed by atoms with van der Waals surface area (Å²) >= 11 is 5.91. The number of ether oxygens (including phenoxy) is 1. The Morgan fingerprint density at radius 2 is 2.12 bits per heavy atom. The largest absolute Gasteiger partial charge is 0.462 e. The van der Waals surface area contributed by atoms with E-state index in [0.717, 1.165) is 19.3 Å². The van der Waals surface area contributed by atoms with Crippen LogP contribution in [-0.4, -0.2) is 17.0 Å². The summed E-state index contributed by atoms with van der Waals surface area (Å²) in [5.41, 5.74) is 0.191. The van der Waals surface area contributed by atoms with E-state index in [1.165, 1.54) is 18.2 Å². The molecule has 0 amide bonds. The number of carbonyl (C=O) groups excluding carboxylic acids is 1. The van der Waals surface area contributed by atoms with Gasteiger partial charge in [0.2, 0.25) is 0 Å². The smallest absolute Gasteiger partial charge is 0.310 e. The van der Waals surface area contributed by atoms with Crippen molar-refractivity contribution in [1.82, 2.24) is 0 Å². The summed E-state index contributed by atoms with van der Waals surface area (Å²) in [5, 5.41) is 11.5. The van der Waals surface area contributed by atoms with Gasteiger partial charge in [-0.2, -0.15) is 0 Å². The van der Waals surface area contributed by atoms with Crippen molar-refractivity contribution in [2.24, 2.45) is 17.8 Å². The number of hydrogen-bond donors (Lipinski definition) is 0. The molecule has 0 heterocycles. The lowest BCUT2D eigenvalue weighted by Gasteiger charge is -2.36. The Bertz CT molecular complexity index is 617. The van der Waals surface area contributed by atoms with Gasteiger partial charge in [0.1, 0.15) is 6.10 Å². The highest BCUT2D eigenvalue weighted by Crippen LogP contribution is 2.35. The molecular formula is C18H24ClNO4. The van der Waals surface area contributed by atoms with Crippen molar-refractivity contribution < 1.29 is 14.5 Å². The van der Waals surface area contributed by atoms with Gasteiger partial charge in [-0.3, -0.25) is 14.9 Å². The van der Waals surface area contributed by atoms with E-state index < -0.39 is 10.9 Å². The molecule has 2 rings (SSSR count). The Hall–Kier alpha value is -1.62. The topological polar surface area (TPSA) is 69.4 Å². The third-order valence-electron chi connectivity index (χ3n) is 4.82. The Morgan fingerprint density at radius 3 is 2.75 bits per heavy atom. The fourth-order valence-electron chi connectivity index (χ4n) is 3.49. The molecule has 0 unspecified atom stereocenters. The van der Waals surface area contributed by atoms with E-state index in [-0.39, 0.29) is 18.2 Å². The summed E-state index contributed by atoms with van der Waals surface area (Å²) < 4.78 is 5.71. The minimum Gasteiger partial charge on any atom is -0.462 e. The minimum absolute atomic E-state index is 0.103. The third kappa shape index (κ3) is 4.69. The summed E-state index contributed by atoms with van der Waals surface area (Å²) in [6, 6.07) is 4.24. The lowest BCUT2D eigenvalue weighted by Crippen LogP contribution is -2.36. The average molecular weight is 354 g/mol. The van der Waals surface area contributed by atoms with Crippen molar-refractivity contribution in [3.8, 4) is 0 Å². The van der Waals surface area contributed by atoms with E-state index in [1.807, 2.05) is 0 Å². The molecule has 0 bridgehead atoms. The van der Waals surface area contributed by atoms with Crippen molar-refractivity contribution >= 4 is 23.3 Å². The maximum absolute atomic E-state index is 12.4. The first-order valence-corrected chi connectivity index (χ1v) is 8.78. The molecule has 132 valence electrons. The quantitative estimate of drug-likeness (QED) is 0.433. The first kappa shape index (κ1) is 18.7. The molecule has 0 N–H and O–H groups in total. The van der Waals surface area contributed by atoms with Crippen LogP contribution in [0.5, 0.6) is 0 Å². The highest BCUT2D eigenvalue weighted by Gasteiger charge is 2.33. The summed E-state index contributed by atoms with van der Waals surface area (Å²) in [4.78, 5) is 23.0. The Kier molecular flexibility index (Phi) is 6.21. The van der Waals surface area contributed by atoms with Gasteiger partial charge >= 0.3 is 5.97 Å². The van der Waals surface area contributed by atoms with Gasteiger partial charge in [0.15, 0.2) is 0 Å². The highest BCUT2D eigenvalue weighted by molar-refractivity contribution is 6.30. The normalized spacial score (nSPS) is 24.0. The predicted molar refractivity (Wildman–Crippen MR) is 93.0 cm³/mol. The fraction of sp³-hybridized carbons (Fsp3) is 0.611. The number of nitro benzene ring substituents is 1. The van der Waals surface area contributed by atoms with E-state index in [4.69, 9.17) is 16.3 Å². The summed E-state index contributed by atoms with van der Waals surface area (Å²) in [7, 11) is 0. The van der Waals surface area contributed by atoms with Gasteiger partial charge < -0.3 is 4.74 Å². The Morgan fingerprint density at radius 1 is 1.42 bits per heavy atom. The van der Waals surface area contributed by atoms with Crippen LogP contribution in [-0.2, 0) is 16.0 Å². The molecule has 1 aromatic carbocycles. The van der Waals surface area contributed by atoms with Gasteiger partial charge in [-0.15, -0.1) is 0 Å². The number of nitrogens with zero attached hydrogens (tertiary/aromatic N) is 1. The first-order chi connectivity index (χ1) is 11.3. The molecule has 1 saturated carbocycles. The lowest BCUT2D eigenvalue weighted by atomic mass is 9.75. The first-order valence-electron chi connectivity index (χ1n) is 8.40. The van der Waals surface area contributed by atoms with E-state index in [1.54, 1.807) is 0 Å². The standard InChI is InChI=1S/C18H24ClNO4/c1-11(2)15-6-4-12(3)8-17(15)24-18(21)10-13-9-14(19)5-7-16(13)20(22)23/h5,7,9,11-12,15,17H,4,6,8,10H2,1-3H3/t12-,15+,17+/m1/s1. The molecular weight excluding hydrogens is 330 g/mol. The number of halogens is 1. The number of carbonyl (C=O) groups is 1. The van der Waals surface area contributed by atoms with Gasteiger partial charge in [0.25, 0.3) is 5.69 Å². The highest BCUT2D eigenvalue weighted by atomic mass is 35.5. The second kappa shape index (κ2) is 7.97. The average Bonchev–Trinajstić information content (AvgIpc) is 2.46. The van der Waals surface area contributed by atoms with Crippen molar-refractivity contribution in [3.63, 3.8) is 0 Å². The predicted octanol–water partition coefficient (Wildman–Crippen LogP) is 4.79. The van der Waals surface area contributed by atoms with Crippen LogP contribution in [0.4, 0.5) is 5.69 Å². The van der Waals surface area contributed by atoms with Crippen molar-refractivity contribution in [3.05, 3.63) is 38.9 Å². The molecule has 0 aliphatic heterocycles. The lowest BCUT2D eigenvalue weighted by molar-refractivity contribution is -0.385. The minimum atomic E-state index is -0.501. The van der Waals surface area contributed by atoms with Crippen molar-refractivity contribution in [2.45, 2.75) is 52.6 Å². The van der Waals surface area contributed by atoms with E-state index in [0.29, 0.717) is 28.3 Å². The summed E-state index contributed by atoms with van der Waals surface area (Å²) in [6.07, 6.45) is 2.81. The molecule has 0 aromatic heterocycles. The molecule has 3 atom stereocenters. The number of hydrogen-bond acceptors (Lipinski definition) is 4. The van der Waals surface area contributed by atoms with Crippen LogP contribution < -0.4 is 0 Å². The molecule has 5 nitrogen and oxygen atoms in total. The SMILES string of the molecule is CC(C)[C@@H]1CC[C@@H](C)C[C@@H]1OC(=O)Cc1cc(Cl)ccc1[N+](=O)[O-]. The zero-order valence-corrected chi connectivity index (χ0v) is 15.1. The summed E-state index contributed by atoms with van der Waals surface area (Å²) in [5.74, 6) is 0.888. The van der Waals surface area contributed by atoms with Gasteiger partial charge in [-0.25, -0.2) is 0 Å². The van der Waals surface area contributed by atoms with Crippen LogP contribution in [0, 0.1) is 27.9 Å². The maximum atomic E-state index is 12.4. The van der Waals surface area contributed by atoms with Crippen molar-refractivity contribution in [2.75, 3.05) is 0 Å². The third-order valence-corrected chi connectivity index (χ3v) is 5.05. The Labute approximate surface area is 147 Å². The maximum Gasteiger partial charge on any atom is 0.310 e. The van der Waals surface area contributed by atoms with Crippen LogP contribution in [0.1, 0.15) is 45.6 Å². The molecule has 1 aliphatic rings. The molecule has 1 aliphatic carbocycles. The second-order valence-corrected chi connectivity index (χ2v) is 7.50. The number of nitro groups is 1. The van der Waals surface area contributed by atoms with Gasteiger partial charge in [-0.1, -0.05) is 38.8 Å². The van der Waals surface area contributed by atoms with Crippen LogP contribution in [0.3, 0.4) is 0 Å². The van der Waals surface area contributed by atoms with Crippen LogP contribution >= 0.6 is 11.6 Å². The summed E-state index contributed by atoms with van der Waals surface area (Å²) in [6.45, 7) is 6.45. The number of rotatable bonds is 5. The van der Waals surface area contributed by atoms with Gasteiger partial charge in [0, 0.05) is 16.7 Å². The fourth-order valence-corrected chi connectivity index (χ4v) is 3.68. The molecule has 0 radical (unpaired) electrons. The molecule has 1 aromatic rings. The van der Waals surface area contributed by atoms with Crippen LogP contribution in [0.25, 0.3) is 0 Å². The zero-order valence-electron chi connectivity index (χ0n) is 14.3. The van der Waals surface area contributed by atoms with E-state index in [2.05, 4.69) is 20.8 Å². The Balaban J connectivity index is 2.09. The second-order valence-electron chi connectivity index (χ2n) is 7.06. The monoisotopic (exact) mass is 353 g/mol. The number of esters is 1. The number of benzene rings is 1. The molecule has 1 fully saturated rings. The van der Waals surface area contributed by atoms with Crippen molar-refractivity contribution in [1.29, 1.82) is 0 Å². The van der Waals surface area contributed by atoms with E-state index >= 15 is 0 Å². The zero-order chi connectivity index (χ0) is 17.9. The molecule has 0 saturated heterocycles.